The first-order valence-electron chi connectivity index (χ1n) is 10.7. The van der Waals surface area contributed by atoms with Crippen molar-refractivity contribution in [3.05, 3.63) is 46.1 Å². The van der Waals surface area contributed by atoms with E-state index in [1.54, 1.807) is 24.0 Å². The summed E-state index contributed by atoms with van der Waals surface area (Å²) in [7, 11) is 0. The molecule has 0 aliphatic carbocycles. The fraction of sp³-hybridized carbons (Fsp3) is 0.545. The molecule has 1 fully saturated rings. The number of benzene rings is 1. The van der Waals surface area contributed by atoms with Crippen molar-refractivity contribution >= 4 is 23.6 Å². The minimum Gasteiger partial charge on any atom is -0.463 e. The van der Waals surface area contributed by atoms with Gasteiger partial charge in [-0.1, -0.05) is 30.7 Å². The average Bonchev–Trinajstić information content (AvgIpc) is 2.74. The summed E-state index contributed by atoms with van der Waals surface area (Å²) >= 11 is 6.20. The summed E-state index contributed by atoms with van der Waals surface area (Å²) in [5.41, 5.74) is 1.97. The Morgan fingerprint density at radius 2 is 1.83 bits per heavy atom. The van der Waals surface area contributed by atoms with Crippen LogP contribution in [0.15, 0.2) is 35.5 Å². The van der Waals surface area contributed by atoms with Gasteiger partial charge in [-0.05, 0) is 38.1 Å². The molecule has 8 heteroatoms. The first-order valence-corrected chi connectivity index (χ1v) is 11.0. The van der Waals surface area contributed by atoms with Crippen molar-refractivity contribution < 1.29 is 14.3 Å². The van der Waals surface area contributed by atoms with E-state index in [1.165, 1.54) is 0 Å². The molecular formula is C22H31ClN4O3. The lowest BCUT2D eigenvalue weighted by atomic mass is 9.94. The molecular weight excluding hydrogens is 404 g/mol. The van der Waals surface area contributed by atoms with Gasteiger partial charge in [0.2, 0.25) is 0 Å². The second-order valence-electron chi connectivity index (χ2n) is 7.47. The number of carbonyl (C=O) groups excluding carboxylic acids is 2. The van der Waals surface area contributed by atoms with E-state index in [1.807, 2.05) is 19.1 Å². The van der Waals surface area contributed by atoms with Crippen LogP contribution >= 0.6 is 11.6 Å². The number of likely N-dealkylation sites (N-methyl/N-ethyl adjacent to an activating group) is 2. The molecule has 0 spiro atoms. The standard InChI is InChI=1S/C22H31ClN4O3/c1-4-25-10-12-26(13-11-25)15-18-19(21(28)30-6-3)20(24-22(29)27(18)5-2)16-8-7-9-17(23)14-16/h7-9,14,20H,4-6,10-13,15H2,1-3H3,(H,24,29)/t20-/m0/s1. The lowest BCUT2D eigenvalue weighted by molar-refractivity contribution is -0.139. The first-order chi connectivity index (χ1) is 14.5. The molecule has 2 aliphatic heterocycles. The molecule has 1 N–H and O–H groups in total. The van der Waals surface area contributed by atoms with Crippen LogP contribution in [-0.2, 0) is 9.53 Å². The van der Waals surface area contributed by atoms with Crippen molar-refractivity contribution in [1.29, 1.82) is 0 Å². The van der Waals surface area contributed by atoms with Gasteiger partial charge in [0.15, 0.2) is 0 Å². The lowest BCUT2D eigenvalue weighted by Gasteiger charge is -2.40. The van der Waals surface area contributed by atoms with E-state index in [4.69, 9.17) is 16.3 Å². The molecule has 164 valence electrons. The summed E-state index contributed by atoms with van der Waals surface area (Å²) in [6.07, 6.45) is 0. The largest absolute Gasteiger partial charge is 0.463 e. The summed E-state index contributed by atoms with van der Waals surface area (Å²) in [6, 6.07) is 6.45. The number of amides is 2. The second-order valence-corrected chi connectivity index (χ2v) is 7.91. The van der Waals surface area contributed by atoms with E-state index >= 15 is 0 Å². The van der Waals surface area contributed by atoms with Gasteiger partial charge in [-0.3, -0.25) is 9.80 Å². The summed E-state index contributed by atoms with van der Waals surface area (Å²) in [4.78, 5) is 32.4. The Morgan fingerprint density at radius 3 is 2.43 bits per heavy atom. The van der Waals surface area contributed by atoms with Crippen molar-refractivity contribution in [1.82, 2.24) is 20.0 Å². The number of carbonyl (C=O) groups is 2. The van der Waals surface area contributed by atoms with Gasteiger partial charge in [0.1, 0.15) is 0 Å². The van der Waals surface area contributed by atoms with Crippen LogP contribution in [0.5, 0.6) is 0 Å². The number of nitrogens with zero attached hydrogens (tertiary/aromatic N) is 3. The molecule has 3 rings (SSSR count). The van der Waals surface area contributed by atoms with Gasteiger partial charge in [-0.25, -0.2) is 9.59 Å². The molecule has 30 heavy (non-hydrogen) atoms. The molecule has 2 heterocycles. The predicted molar refractivity (Wildman–Crippen MR) is 117 cm³/mol. The number of rotatable bonds is 7. The molecule has 1 aromatic rings. The van der Waals surface area contributed by atoms with Gasteiger partial charge in [0, 0.05) is 50.0 Å². The summed E-state index contributed by atoms with van der Waals surface area (Å²) in [5.74, 6) is -0.400. The van der Waals surface area contributed by atoms with Crippen molar-refractivity contribution in [2.45, 2.75) is 26.8 Å². The SMILES string of the molecule is CCOC(=O)C1=C(CN2CCN(CC)CC2)N(CC)C(=O)N[C@H]1c1cccc(Cl)c1. The molecule has 7 nitrogen and oxygen atoms in total. The Bertz CT molecular complexity index is 805. The molecule has 0 unspecified atom stereocenters. The molecule has 1 atom stereocenters. The molecule has 0 bridgehead atoms. The second kappa shape index (κ2) is 10.3. The smallest absolute Gasteiger partial charge is 0.338 e. The van der Waals surface area contributed by atoms with Gasteiger partial charge in [0.05, 0.1) is 18.2 Å². The monoisotopic (exact) mass is 434 g/mol. The van der Waals surface area contributed by atoms with Crippen LogP contribution in [0.1, 0.15) is 32.4 Å². The number of hydrogen-bond acceptors (Lipinski definition) is 5. The highest BCUT2D eigenvalue weighted by molar-refractivity contribution is 6.30. The summed E-state index contributed by atoms with van der Waals surface area (Å²) < 4.78 is 5.41. The Kier molecular flexibility index (Phi) is 7.75. The van der Waals surface area contributed by atoms with Gasteiger partial charge < -0.3 is 15.0 Å². The van der Waals surface area contributed by atoms with E-state index in [-0.39, 0.29) is 12.6 Å². The number of urea groups is 1. The predicted octanol–water partition coefficient (Wildman–Crippen LogP) is 2.88. The molecule has 2 aliphatic rings. The zero-order chi connectivity index (χ0) is 21.7. The maximum Gasteiger partial charge on any atom is 0.338 e. The Labute approximate surface area is 183 Å². The third kappa shape index (κ3) is 4.96. The number of nitrogens with one attached hydrogen (secondary N) is 1. The number of halogens is 1. The maximum absolute atomic E-state index is 13.1. The first kappa shape index (κ1) is 22.6. The topological polar surface area (TPSA) is 65.1 Å². The van der Waals surface area contributed by atoms with E-state index < -0.39 is 12.0 Å². The number of ether oxygens (including phenoxy) is 1. The quantitative estimate of drug-likeness (QED) is 0.668. The highest BCUT2D eigenvalue weighted by Crippen LogP contribution is 2.33. The number of esters is 1. The van der Waals surface area contributed by atoms with Crippen LogP contribution in [-0.4, -0.2) is 79.1 Å². The average molecular weight is 435 g/mol. The Morgan fingerprint density at radius 1 is 1.13 bits per heavy atom. The maximum atomic E-state index is 13.1. The van der Waals surface area contributed by atoms with Crippen LogP contribution in [0.2, 0.25) is 5.02 Å². The van der Waals surface area contributed by atoms with E-state index in [9.17, 15) is 9.59 Å². The van der Waals surface area contributed by atoms with Crippen molar-refractivity contribution in [3.63, 3.8) is 0 Å². The zero-order valence-electron chi connectivity index (χ0n) is 18.0. The van der Waals surface area contributed by atoms with Gasteiger partial charge >= 0.3 is 12.0 Å². The van der Waals surface area contributed by atoms with Gasteiger partial charge in [0.25, 0.3) is 0 Å². The molecule has 0 aromatic heterocycles. The van der Waals surface area contributed by atoms with Gasteiger partial charge in [-0.15, -0.1) is 0 Å². The lowest BCUT2D eigenvalue weighted by Crippen LogP contribution is -2.53. The zero-order valence-corrected chi connectivity index (χ0v) is 18.7. The van der Waals surface area contributed by atoms with E-state index in [0.29, 0.717) is 23.7 Å². The van der Waals surface area contributed by atoms with Crippen molar-refractivity contribution in [2.75, 3.05) is 52.4 Å². The Balaban J connectivity index is 2.01. The van der Waals surface area contributed by atoms with Crippen LogP contribution < -0.4 is 5.32 Å². The minimum atomic E-state index is -0.593. The van der Waals surface area contributed by atoms with Crippen LogP contribution in [0.3, 0.4) is 0 Å². The van der Waals surface area contributed by atoms with Crippen LogP contribution in [0, 0.1) is 0 Å². The number of hydrogen-bond donors (Lipinski definition) is 1. The third-order valence-corrected chi connectivity index (χ3v) is 5.95. The fourth-order valence-corrected chi connectivity index (χ4v) is 4.27. The van der Waals surface area contributed by atoms with Crippen LogP contribution in [0.4, 0.5) is 4.79 Å². The van der Waals surface area contributed by atoms with Gasteiger partial charge in [-0.2, -0.15) is 0 Å². The molecule has 1 saturated heterocycles. The van der Waals surface area contributed by atoms with E-state index in [0.717, 1.165) is 44.0 Å². The van der Waals surface area contributed by atoms with Crippen LogP contribution in [0.25, 0.3) is 0 Å². The van der Waals surface area contributed by atoms with Crippen molar-refractivity contribution in [2.24, 2.45) is 0 Å². The molecule has 0 radical (unpaired) electrons. The summed E-state index contributed by atoms with van der Waals surface area (Å²) in [6.45, 7) is 11.9. The summed E-state index contributed by atoms with van der Waals surface area (Å²) in [5, 5.41) is 3.53. The normalized spacial score (nSPS) is 21.0. The highest BCUT2D eigenvalue weighted by Gasteiger charge is 2.38. The van der Waals surface area contributed by atoms with Crippen molar-refractivity contribution in [3.8, 4) is 0 Å². The molecule has 2 amide bonds. The number of piperazine rings is 1. The highest BCUT2D eigenvalue weighted by atomic mass is 35.5. The van der Waals surface area contributed by atoms with E-state index in [2.05, 4.69) is 22.0 Å². The third-order valence-electron chi connectivity index (χ3n) is 5.72. The molecule has 1 aromatic carbocycles. The fourth-order valence-electron chi connectivity index (χ4n) is 4.07. The molecule has 0 saturated carbocycles. The minimum absolute atomic E-state index is 0.210. The Hall–Kier alpha value is -2.09.